The molecule has 0 amide bonds. The molecule has 2 aromatic rings. The van der Waals surface area contributed by atoms with Crippen molar-refractivity contribution in [2.45, 2.75) is 26.1 Å². The van der Waals surface area contributed by atoms with Crippen molar-refractivity contribution < 1.29 is 18.6 Å². The Balaban J connectivity index is 0.00000363. The fraction of sp³-hybridized carbons (Fsp3) is 0.435. The van der Waals surface area contributed by atoms with Gasteiger partial charge in [-0.25, -0.2) is 13.8 Å². The highest BCUT2D eigenvalue weighted by atomic mass is 127. The minimum Gasteiger partial charge on any atom is -0.392 e. The quantitative estimate of drug-likeness (QED) is 0.263. The van der Waals surface area contributed by atoms with Gasteiger partial charge in [0.2, 0.25) is 0 Å². The average Bonchev–Trinajstić information content (AvgIpc) is 2.80. The standard InChI is InChI=1S/C23H30F2N4O2.HI/c1-2-26-23(27-14-17-3-8-21(25)19(13-17)16-30)28-15-22(29-9-11-31-12-10-29)18-4-6-20(24)7-5-18;/h3-8,13,22,30H,2,9-12,14-16H2,1H3,(H2,26,27,28);1H. The van der Waals surface area contributed by atoms with Crippen molar-refractivity contribution in [2.75, 3.05) is 39.4 Å². The number of rotatable bonds is 8. The molecule has 1 atom stereocenters. The summed E-state index contributed by atoms with van der Waals surface area (Å²) in [6, 6.07) is 11.3. The van der Waals surface area contributed by atoms with E-state index in [9.17, 15) is 13.9 Å². The Labute approximate surface area is 205 Å². The van der Waals surface area contributed by atoms with E-state index in [1.54, 1.807) is 12.1 Å². The SMILES string of the molecule is CCNC(=NCc1ccc(F)c(CO)c1)NCC(c1ccc(F)cc1)N1CCOCC1.I. The van der Waals surface area contributed by atoms with Crippen LogP contribution in [0.15, 0.2) is 47.5 Å². The number of nitrogens with one attached hydrogen (secondary N) is 2. The zero-order chi connectivity index (χ0) is 22.1. The van der Waals surface area contributed by atoms with E-state index in [-0.39, 0.29) is 48.0 Å². The van der Waals surface area contributed by atoms with Crippen LogP contribution in [0.5, 0.6) is 0 Å². The maximum Gasteiger partial charge on any atom is 0.191 e. The van der Waals surface area contributed by atoms with E-state index in [0.29, 0.717) is 38.8 Å². The molecule has 0 bridgehead atoms. The monoisotopic (exact) mass is 560 g/mol. The smallest absolute Gasteiger partial charge is 0.191 e. The molecule has 0 spiro atoms. The third-order valence-electron chi connectivity index (χ3n) is 5.25. The first-order valence-electron chi connectivity index (χ1n) is 10.6. The van der Waals surface area contributed by atoms with Crippen LogP contribution in [0.25, 0.3) is 0 Å². The molecule has 1 aliphatic heterocycles. The normalized spacial score (nSPS) is 15.7. The number of benzene rings is 2. The topological polar surface area (TPSA) is 69.1 Å². The number of ether oxygens (including phenoxy) is 1. The molecular formula is C23H31F2IN4O2. The van der Waals surface area contributed by atoms with Crippen LogP contribution in [-0.2, 0) is 17.9 Å². The van der Waals surface area contributed by atoms with E-state index in [2.05, 4.69) is 20.5 Å². The molecule has 1 aliphatic rings. The fourth-order valence-corrected chi connectivity index (χ4v) is 3.58. The van der Waals surface area contributed by atoms with Crippen LogP contribution in [0.3, 0.4) is 0 Å². The van der Waals surface area contributed by atoms with Gasteiger partial charge in [-0.3, -0.25) is 4.90 Å². The summed E-state index contributed by atoms with van der Waals surface area (Å²) < 4.78 is 32.5. The Kier molecular flexibility index (Phi) is 11.3. The van der Waals surface area contributed by atoms with Gasteiger partial charge in [0, 0.05) is 31.7 Å². The molecule has 6 nitrogen and oxygen atoms in total. The summed E-state index contributed by atoms with van der Waals surface area (Å²) in [4.78, 5) is 6.92. The Bertz CT molecular complexity index is 862. The summed E-state index contributed by atoms with van der Waals surface area (Å²) in [6.45, 7) is 6.21. The first kappa shape index (κ1) is 26.4. The molecule has 176 valence electrons. The number of hydrogen-bond donors (Lipinski definition) is 3. The first-order chi connectivity index (χ1) is 15.1. The second-order valence-corrected chi connectivity index (χ2v) is 7.38. The maximum absolute atomic E-state index is 13.6. The first-order valence-corrected chi connectivity index (χ1v) is 10.6. The van der Waals surface area contributed by atoms with Crippen LogP contribution in [0, 0.1) is 11.6 Å². The molecule has 1 saturated heterocycles. The van der Waals surface area contributed by atoms with Gasteiger partial charge in [-0.05, 0) is 42.3 Å². The van der Waals surface area contributed by atoms with Gasteiger partial charge in [0.15, 0.2) is 5.96 Å². The van der Waals surface area contributed by atoms with Gasteiger partial charge in [0.25, 0.3) is 0 Å². The predicted molar refractivity (Wildman–Crippen MR) is 132 cm³/mol. The highest BCUT2D eigenvalue weighted by Gasteiger charge is 2.23. The van der Waals surface area contributed by atoms with Crippen molar-refractivity contribution in [1.82, 2.24) is 15.5 Å². The van der Waals surface area contributed by atoms with Gasteiger partial charge >= 0.3 is 0 Å². The molecule has 0 radical (unpaired) electrons. The number of guanidine groups is 1. The summed E-state index contributed by atoms with van der Waals surface area (Å²) >= 11 is 0. The van der Waals surface area contributed by atoms with Crippen LogP contribution >= 0.6 is 24.0 Å². The van der Waals surface area contributed by atoms with Crippen LogP contribution in [0.2, 0.25) is 0 Å². The van der Waals surface area contributed by atoms with E-state index < -0.39 is 5.82 Å². The highest BCUT2D eigenvalue weighted by Crippen LogP contribution is 2.21. The van der Waals surface area contributed by atoms with Gasteiger partial charge in [0.05, 0.1) is 32.4 Å². The van der Waals surface area contributed by atoms with Crippen LogP contribution in [-0.4, -0.2) is 55.4 Å². The molecule has 1 heterocycles. The van der Waals surface area contributed by atoms with Gasteiger partial charge in [0.1, 0.15) is 11.6 Å². The fourth-order valence-electron chi connectivity index (χ4n) is 3.58. The Morgan fingerprint density at radius 1 is 1.12 bits per heavy atom. The lowest BCUT2D eigenvalue weighted by Gasteiger charge is -2.35. The largest absolute Gasteiger partial charge is 0.392 e. The van der Waals surface area contributed by atoms with Crippen molar-refractivity contribution in [2.24, 2.45) is 4.99 Å². The number of hydrogen-bond acceptors (Lipinski definition) is 4. The second kappa shape index (κ2) is 13.7. The molecule has 0 saturated carbocycles. The maximum atomic E-state index is 13.6. The van der Waals surface area contributed by atoms with Gasteiger partial charge < -0.3 is 20.5 Å². The number of aliphatic hydroxyl groups is 1. The van der Waals surface area contributed by atoms with E-state index in [1.807, 2.05) is 19.1 Å². The molecule has 0 aromatic heterocycles. The third-order valence-corrected chi connectivity index (χ3v) is 5.25. The lowest BCUT2D eigenvalue weighted by Crippen LogP contribution is -2.46. The summed E-state index contributed by atoms with van der Waals surface area (Å²) in [6.07, 6.45) is 0. The van der Waals surface area contributed by atoms with E-state index >= 15 is 0 Å². The van der Waals surface area contributed by atoms with Crippen molar-refractivity contribution in [3.63, 3.8) is 0 Å². The molecule has 1 unspecified atom stereocenters. The molecule has 3 rings (SSSR count). The van der Waals surface area contributed by atoms with Gasteiger partial charge in [-0.1, -0.05) is 18.2 Å². The average molecular weight is 560 g/mol. The van der Waals surface area contributed by atoms with Crippen LogP contribution < -0.4 is 10.6 Å². The van der Waals surface area contributed by atoms with Crippen LogP contribution in [0.4, 0.5) is 8.78 Å². The number of aliphatic hydroxyl groups excluding tert-OH is 1. The molecule has 9 heteroatoms. The summed E-state index contributed by atoms with van der Waals surface area (Å²) in [7, 11) is 0. The summed E-state index contributed by atoms with van der Waals surface area (Å²) in [5.74, 6) is -0.0421. The third kappa shape index (κ3) is 7.65. The van der Waals surface area contributed by atoms with E-state index in [0.717, 1.165) is 24.2 Å². The molecule has 1 fully saturated rings. The Morgan fingerprint density at radius 2 is 1.84 bits per heavy atom. The van der Waals surface area contributed by atoms with E-state index in [4.69, 9.17) is 4.74 Å². The van der Waals surface area contributed by atoms with Crippen molar-refractivity contribution in [3.05, 3.63) is 70.8 Å². The number of halogens is 3. The number of nitrogens with zero attached hydrogens (tertiary/aromatic N) is 2. The summed E-state index contributed by atoms with van der Waals surface area (Å²) in [5, 5.41) is 15.9. The summed E-state index contributed by atoms with van der Waals surface area (Å²) in [5.41, 5.74) is 2.10. The Hall–Kier alpha value is -1.82. The van der Waals surface area contributed by atoms with Gasteiger partial charge in [-0.2, -0.15) is 0 Å². The molecule has 3 N–H and O–H groups in total. The molecule has 0 aliphatic carbocycles. The van der Waals surface area contributed by atoms with Crippen molar-refractivity contribution >= 4 is 29.9 Å². The van der Waals surface area contributed by atoms with E-state index in [1.165, 1.54) is 18.2 Å². The number of morpholine rings is 1. The minimum atomic E-state index is -0.423. The van der Waals surface area contributed by atoms with Crippen molar-refractivity contribution in [1.29, 1.82) is 0 Å². The molecule has 2 aromatic carbocycles. The second-order valence-electron chi connectivity index (χ2n) is 7.38. The lowest BCUT2D eigenvalue weighted by atomic mass is 10.0. The molecular weight excluding hydrogens is 529 g/mol. The predicted octanol–water partition coefficient (Wildman–Crippen LogP) is 3.20. The minimum absolute atomic E-state index is 0. The van der Waals surface area contributed by atoms with Gasteiger partial charge in [-0.15, -0.1) is 24.0 Å². The number of aliphatic imine (C=N–C) groups is 1. The molecule has 32 heavy (non-hydrogen) atoms. The highest BCUT2D eigenvalue weighted by molar-refractivity contribution is 14.0. The van der Waals surface area contributed by atoms with Crippen molar-refractivity contribution in [3.8, 4) is 0 Å². The zero-order valence-electron chi connectivity index (χ0n) is 18.2. The Morgan fingerprint density at radius 3 is 2.50 bits per heavy atom. The zero-order valence-corrected chi connectivity index (χ0v) is 20.5. The lowest BCUT2D eigenvalue weighted by molar-refractivity contribution is 0.0170. The van der Waals surface area contributed by atoms with Crippen LogP contribution in [0.1, 0.15) is 29.7 Å².